The van der Waals surface area contributed by atoms with Crippen molar-refractivity contribution in [1.29, 1.82) is 0 Å². The minimum absolute atomic E-state index is 0.366. The fourth-order valence-corrected chi connectivity index (χ4v) is 3.32. The zero-order valence-corrected chi connectivity index (χ0v) is 12.3. The number of carboxylic acid groups (broad SMARTS) is 1. The van der Waals surface area contributed by atoms with E-state index in [-0.39, 0.29) is 0 Å². The van der Waals surface area contributed by atoms with Gasteiger partial charge in [-0.3, -0.25) is 0 Å². The van der Waals surface area contributed by atoms with Gasteiger partial charge in [0.25, 0.3) is 0 Å². The number of aromatic nitrogens is 1. The van der Waals surface area contributed by atoms with E-state index in [2.05, 4.69) is 22.4 Å². The van der Waals surface area contributed by atoms with Gasteiger partial charge >= 0.3 is 6.09 Å². The van der Waals surface area contributed by atoms with Crippen LogP contribution in [0.15, 0.2) is 36.5 Å². The number of amides is 1. The predicted octanol–water partition coefficient (Wildman–Crippen LogP) is 3.22. The molecule has 2 aromatic rings. The van der Waals surface area contributed by atoms with Crippen LogP contribution in [-0.2, 0) is 0 Å². The first kappa shape index (κ1) is 13.9. The number of thiazole rings is 1. The summed E-state index contributed by atoms with van der Waals surface area (Å²) in [5.41, 5.74) is 1.17. The summed E-state index contributed by atoms with van der Waals surface area (Å²) < 4.78 is 0. The molecule has 1 unspecified atom stereocenters. The van der Waals surface area contributed by atoms with Gasteiger partial charge in [0.1, 0.15) is 0 Å². The van der Waals surface area contributed by atoms with Crippen LogP contribution >= 0.6 is 11.3 Å². The van der Waals surface area contributed by atoms with Crippen molar-refractivity contribution in [3.8, 4) is 10.4 Å². The number of hydrogen-bond donors (Lipinski definition) is 2. The zero-order valence-electron chi connectivity index (χ0n) is 11.5. The number of benzene rings is 1. The van der Waals surface area contributed by atoms with E-state index >= 15 is 0 Å². The van der Waals surface area contributed by atoms with Crippen molar-refractivity contribution in [2.24, 2.45) is 5.92 Å². The molecule has 1 saturated heterocycles. The van der Waals surface area contributed by atoms with Crippen LogP contribution < -0.4 is 5.32 Å². The minimum atomic E-state index is -0.821. The fraction of sp³-hybridized carbons (Fsp3) is 0.333. The Balaban J connectivity index is 1.55. The highest BCUT2D eigenvalue weighted by atomic mass is 32.1. The van der Waals surface area contributed by atoms with E-state index in [0.29, 0.717) is 19.0 Å². The lowest BCUT2D eigenvalue weighted by Crippen LogP contribution is -2.27. The van der Waals surface area contributed by atoms with Crippen molar-refractivity contribution in [2.45, 2.75) is 6.42 Å². The van der Waals surface area contributed by atoms with Crippen molar-refractivity contribution < 1.29 is 9.90 Å². The highest BCUT2D eigenvalue weighted by Gasteiger charge is 2.25. The molecular formula is C15H17N3O2S. The first-order valence-corrected chi connectivity index (χ1v) is 7.77. The van der Waals surface area contributed by atoms with Crippen LogP contribution in [0.1, 0.15) is 6.42 Å². The lowest BCUT2D eigenvalue weighted by atomic mass is 10.1. The van der Waals surface area contributed by atoms with Gasteiger partial charge in [0.15, 0.2) is 5.13 Å². The summed E-state index contributed by atoms with van der Waals surface area (Å²) in [5, 5.41) is 13.2. The summed E-state index contributed by atoms with van der Waals surface area (Å²) in [6.45, 7) is 2.01. The smallest absolute Gasteiger partial charge is 0.407 e. The molecule has 2 N–H and O–H groups in total. The van der Waals surface area contributed by atoms with Gasteiger partial charge in [-0.25, -0.2) is 9.78 Å². The number of nitrogens with one attached hydrogen (secondary N) is 1. The third-order valence-corrected chi connectivity index (χ3v) is 4.67. The highest BCUT2D eigenvalue weighted by molar-refractivity contribution is 7.18. The van der Waals surface area contributed by atoms with Crippen LogP contribution in [0.5, 0.6) is 0 Å². The molecule has 1 aromatic carbocycles. The Bertz CT molecular complexity index is 614. The highest BCUT2D eigenvalue weighted by Crippen LogP contribution is 2.29. The Kier molecular flexibility index (Phi) is 4.06. The summed E-state index contributed by atoms with van der Waals surface area (Å²) in [6, 6.07) is 10.2. The average molecular weight is 303 g/mol. The van der Waals surface area contributed by atoms with Gasteiger partial charge in [-0.2, -0.15) is 0 Å². The van der Waals surface area contributed by atoms with Crippen LogP contribution in [0.2, 0.25) is 0 Å². The molecule has 1 aromatic heterocycles. The number of rotatable bonds is 4. The Morgan fingerprint density at radius 2 is 2.24 bits per heavy atom. The Hall–Kier alpha value is -2.08. The number of nitrogens with zero attached hydrogens (tertiary/aromatic N) is 2. The van der Waals surface area contributed by atoms with E-state index in [4.69, 9.17) is 5.11 Å². The first-order chi connectivity index (χ1) is 10.2. The van der Waals surface area contributed by atoms with E-state index in [9.17, 15) is 4.79 Å². The maximum atomic E-state index is 10.9. The van der Waals surface area contributed by atoms with Crippen molar-refractivity contribution in [3.05, 3.63) is 36.5 Å². The average Bonchev–Trinajstić information content (AvgIpc) is 3.15. The van der Waals surface area contributed by atoms with Crippen molar-refractivity contribution in [3.63, 3.8) is 0 Å². The molecular weight excluding hydrogens is 286 g/mol. The van der Waals surface area contributed by atoms with Gasteiger partial charge in [-0.15, -0.1) is 0 Å². The second-order valence-corrected chi connectivity index (χ2v) is 6.19. The fourth-order valence-electron chi connectivity index (χ4n) is 2.50. The number of hydrogen-bond acceptors (Lipinski definition) is 4. The van der Waals surface area contributed by atoms with Crippen LogP contribution in [0.3, 0.4) is 0 Å². The summed E-state index contributed by atoms with van der Waals surface area (Å²) in [7, 11) is 0. The standard InChI is InChI=1S/C15H17N3O2S/c19-15(20)18-7-6-11(10-18)8-16-14-17-9-13(21-14)12-4-2-1-3-5-12/h1-5,9,11H,6-8,10H2,(H,16,17)(H,19,20). The molecule has 0 radical (unpaired) electrons. The Morgan fingerprint density at radius 3 is 2.95 bits per heavy atom. The number of carbonyl (C=O) groups is 1. The number of likely N-dealkylation sites (tertiary alicyclic amines) is 1. The van der Waals surface area contributed by atoms with E-state index in [1.807, 2.05) is 24.4 Å². The Labute approximate surface area is 127 Å². The maximum Gasteiger partial charge on any atom is 0.407 e. The predicted molar refractivity (Wildman–Crippen MR) is 83.7 cm³/mol. The molecule has 0 aliphatic carbocycles. The topological polar surface area (TPSA) is 65.5 Å². The summed E-state index contributed by atoms with van der Waals surface area (Å²) in [5.74, 6) is 0.366. The van der Waals surface area contributed by atoms with Gasteiger partial charge in [0.05, 0.1) is 4.88 Å². The van der Waals surface area contributed by atoms with Gasteiger partial charge in [-0.1, -0.05) is 41.7 Å². The van der Waals surface area contributed by atoms with E-state index in [0.717, 1.165) is 23.0 Å². The van der Waals surface area contributed by atoms with Crippen LogP contribution in [0.4, 0.5) is 9.93 Å². The number of anilines is 1. The van der Waals surface area contributed by atoms with E-state index < -0.39 is 6.09 Å². The molecule has 2 heterocycles. The van der Waals surface area contributed by atoms with Crippen LogP contribution in [0, 0.1) is 5.92 Å². The molecule has 0 bridgehead atoms. The molecule has 110 valence electrons. The minimum Gasteiger partial charge on any atom is -0.465 e. The molecule has 1 atom stereocenters. The molecule has 1 amide bonds. The van der Waals surface area contributed by atoms with E-state index in [1.165, 1.54) is 10.5 Å². The molecule has 21 heavy (non-hydrogen) atoms. The second kappa shape index (κ2) is 6.13. The quantitative estimate of drug-likeness (QED) is 0.910. The zero-order chi connectivity index (χ0) is 14.7. The summed E-state index contributed by atoms with van der Waals surface area (Å²) in [4.78, 5) is 17.9. The van der Waals surface area contributed by atoms with Gasteiger partial charge in [-0.05, 0) is 17.9 Å². The monoisotopic (exact) mass is 303 g/mol. The SMILES string of the molecule is O=C(O)N1CCC(CNc2ncc(-c3ccccc3)s2)C1. The lowest BCUT2D eigenvalue weighted by molar-refractivity contribution is 0.154. The maximum absolute atomic E-state index is 10.9. The Morgan fingerprint density at radius 1 is 1.43 bits per heavy atom. The second-order valence-electron chi connectivity index (χ2n) is 5.16. The molecule has 1 aliphatic heterocycles. The van der Waals surface area contributed by atoms with E-state index in [1.54, 1.807) is 11.3 Å². The molecule has 5 nitrogen and oxygen atoms in total. The van der Waals surface area contributed by atoms with Gasteiger partial charge in [0, 0.05) is 25.8 Å². The van der Waals surface area contributed by atoms with Gasteiger partial charge in [0.2, 0.25) is 0 Å². The van der Waals surface area contributed by atoms with Crippen molar-refractivity contribution in [2.75, 3.05) is 25.0 Å². The third kappa shape index (κ3) is 3.33. The largest absolute Gasteiger partial charge is 0.465 e. The molecule has 1 fully saturated rings. The van der Waals surface area contributed by atoms with Crippen LogP contribution in [-0.4, -0.2) is 40.7 Å². The summed E-state index contributed by atoms with van der Waals surface area (Å²) >= 11 is 1.62. The van der Waals surface area contributed by atoms with Crippen molar-refractivity contribution in [1.82, 2.24) is 9.88 Å². The molecule has 6 heteroatoms. The molecule has 0 spiro atoms. The van der Waals surface area contributed by atoms with Gasteiger partial charge < -0.3 is 15.3 Å². The first-order valence-electron chi connectivity index (χ1n) is 6.95. The van der Waals surface area contributed by atoms with Crippen LogP contribution in [0.25, 0.3) is 10.4 Å². The molecule has 1 aliphatic rings. The third-order valence-electron chi connectivity index (χ3n) is 3.66. The molecule has 0 saturated carbocycles. The van der Waals surface area contributed by atoms with Crippen molar-refractivity contribution >= 4 is 22.6 Å². The normalized spacial score (nSPS) is 17.9. The lowest BCUT2D eigenvalue weighted by Gasteiger charge is -2.12. The molecule has 3 rings (SSSR count). The summed E-state index contributed by atoms with van der Waals surface area (Å²) in [6.07, 6.45) is 1.97.